The predicted octanol–water partition coefficient (Wildman–Crippen LogP) is 5.49. The monoisotopic (exact) mass is 508 g/mol. The van der Waals surface area contributed by atoms with Crippen LogP contribution in [-0.2, 0) is 19.1 Å². The fraction of sp³-hybridized carbons (Fsp3) is 0.333. The molecule has 2 aliphatic heterocycles. The van der Waals surface area contributed by atoms with Crippen molar-refractivity contribution in [3.63, 3.8) is 0 Å². The van der Waals surface area contributed by atoms with Gasteiger partial charge in [-0.15, -0.1) is 0 Å². The number of carbonyl (C=O) groups excluding carboxylic acids is 3. The SMILES string of the molecule is CCCCCN1C(=O)/C(=C2\SC(=S)N(C(C(=O)OCCC)c3ccccc3)C2=O)c2ccccc21. The maximum Gasteiger partial charge on any atom is 0.333 e. The molecule has 1 fully saturated rings. The van der Waals surface area contributed by atoms with Crippen LogP contribution in [0, 0.1) is 0 Å². The number of fused-ring (bicyclic) bond motifs is 1. The Kier molecular flexibility index (Phi) is 8.03. The van der Waals surface area contributed by atoms with Crippen LogP contribution in [0.15, 0.2) is 59.5 Å². The molecule has 1 atom stereocenters. The third-order valence-corrected chi connectivity index (χ3v) is 7.38. The summed E-state index contributed by atoms with van der Waals surface area (Å²) in [6.07, 6.45) is 3.60. The molecule has 1 saturated heterocycles. The molecular formula is C27H28N2O4S2. The fourth-order valence-corrected chi connectivity index (χ4v) is 5.69. The molecule has 2 aromatic carbocycles. The standard InChI is InChI=1S/C27H28N2O4S2/c1-3-5-11-16-28-20-15-10-9-14-19(20)21(24(28)30)23-25(31)29(27(34)35-23)22(26(32)33-17-4-2)18-12-7-6-8-13-18/h6-10,12-15,22H,3-5,11,16-17H2,1-2H3/b23-21-. The Bertz CT molecular complexity index is 1180. The van der Waals surface area contributed by atoms with E-state index >= 15 is 0 Å². The Morgan fingerprint density at radius 1 is 0.971 bits per heavy atom. The normalized spacial score (nSPS) is 18.3. The molecule has 6 nitrogen and oxygen atoms in total. The van der Waals surface area contributed by atoms with E-state index in [-0.39, 0.29) is 21.7 Å². The van der Waals surface area contributed by atoms with Crippen LogP contribution in [0.3, 0.4) is 0 Å². The number of para-hydroxylation sites is 1. The summed E-state index contributed by atoms with van der Waals surface area (Å²) in [4.78, 5) is 43.8. The highest BCUT2D eigenvalue weighted by molar-refractivity contribution is 8.26. The molecule has 0 saturated carbocycles. The van der Waals surface area contributed by atoms with Crippen molar-refractivity contribution in [2.75, 3.05) is 18.1 Å². The van der Waals surface area contributed by atoms with E-state index in [0.717, 1.165) is 42.3 Å². The number of thiocarbonyl (C=S) groups is 1. The third-order valence-electron chi connectivity index (χ3n) is 5.98. The van der Waals surface area contributed by atoms with Crippen molar-refractivity contribution in [3.05, 3.63) is 70.6 Å². The van der Waals surface area contributed by atoms with Gasteiger partial charge in [-0.1, -0.05) is 99.2 Å². The molecule has 4 rings (SSSR count). The molecule has 0 aromatic heterocycles. The van der Waals surface area contributed by atoms with Gasteiger partial charge in [-0.3, -0.25) is 14.5 Å². The van der Waals surface area contributed by atoms with E-state index in [4.69, 9.17) is 17.0 Å². The van der Waals surface area contributed by atoms with Gasteiger partial charge in [0.2, 0.25) is 0 Å². The number of benzene rings is 2. The number of carbonyl (C=O) groups is 3. The number of hydrogen-bond acceptors (Lipinski definition) is 6. The van der Waals surface area contributed by atoms with E-state index in [1.807, 2.05) is 37.3 Å². The molecule has 2 aromatic rings. The Morgan fingerprint density at radius 3 is 2.40 bits per heavy atom. The lowest BCUT2D eigenvalue weighted by Crippen LogP contribution is -2.38. The number of rotatable bonds is 9. The summed E-state index contributed by atoms with van der Waals surface area (Å²) in [6, 6.07) is 15.5. The lowest BCUT2D eigenvalue weighted by Gasteiger charge is -2.25. The number of anilines is 1. The first-order valence-corrected chi connectivity index (χ1v) is 13.1. The second kappa shape index (κ2) is 11.2. The van der Waals surface area contributed by atoms with Crippen molar-refractivity contribution in [1.82, 2.24) is 4.90 Å². The number of nitrogens with zero attached hydrogens (tertiary/aromatic N) is 2. The summed E-state index contributed by atoms with van der Waals surface area (Å²) in [5, 5.41) is 0. The number of ether oxygens (including phenoxy) is 1. The average Bonchev–Trinajstić information content (AvgIpc) is 3.31. The van der Waals surface area contributed by atoms with Crippen molar-refractivity contribution in [1.29, 1.82) is 0 Å². The van der Waals surface area contributed by atoms with Gasteiger partial charge in [0.1, 0.15) is 4.32 Å². The van der Waals surface area contributed by atoms with Crippen LogP contribution in [0.5, 0.6) is 0 Å². The van der Waals surface area contributed by atoms with Gasteiger partial charge in [-0.2, -0.15) is 0 Å². The Morgan fingerprint density at radius 2 is 1.69 bits per heavy atom. The van der Waals surface area contributed by atoms with Crippen LogP contribution < -0.4 is 4.90 Å². The maximum absolute atomic E-state index is 13.8. The largest absolute Gasteiger partial charge is 0.464 e. The van der Waals surface area contributed by atoms with Crippen LogP contribution in [0.1, 0.15) is 56.7 Å². The molecule has 182 valence electrons. The number of esters is 1. The maximum atomic E-state index is 13.8. The molecule has 0 bridgehead atoms. The van der Waals surface area contributed by atoms with E-state index in [2.05, 4.69) is 6.92 Å². The van der Waals surface area contributed by atoms with Gasteiger partial charge in [0.05, 0.1) is 22.8 Å². The molecule has 2 amide bonds. The van der Waals surface area contributed by atoms with E-state index in [9.17, 15) is 14.4 Å². The van der Waals surface area contributed by atoms with Crippen molar-refractivity contribution in [3.8, 4) is 0 Å². The molecule has 35 heavy (non-hydrogen) atoms. The van der Waals surface area contributed by atoms with E-state index < -0.39 is 17.9 Å². The molecule has 8 heteroatoms. The molecular weight excluding hydrogens is 480 g/mol. The lowest BCUT2D eigenvalue weighted by atomic mass is 10.0. The van der Waals surface area contributed by atoms with Crippen LogP contribution in [-0.4, -0.2) is 40.2 Å². The van der Waals surface area contributed by atoms with E-state index in [0.29, 0.717) is 24.1 Å². The van der Waals surface area contributed by atoms with Gasteiger partial charge in [-0.05, 0) is 24.5 Å². The number of unbranched alkanes of at least 4 members (excludes halogenated alkanes) is 2. The van der Waals surface area contributed by atoms with Crippen LogP contribution in [0.2, 0.25) is 0 Å². The molecule has 0 radical (unpaired) electrons. The first-order chi connectivity index (χ1) is 17.0. The first-order valence-electron chi connectivity index (χ1n) is 11.9. The second-order valence-electron chi connectivity index (χ2n) is 8.41. The molecule has 2 aliphatic rings. The minimum absolute atomic E-state index is 0.201. The molecule has 0 N–H and O–H groups in total. The molecule has 0 aliphatic carbocycles. The Hall–Kier alpha value is -2.97. The van der Waals surface area contributed by atoms with E-state index in [1.54, 1.807) is 29.2 Å². The Balaban J connectivity index is 1.74. The van der Waals surface area contributed by atoms with Crippen LogP contribution in [0.4, 0.5) is 5.69 Å². The van der Waals surface area contributed by atoms with Crippen molar-refractivity contribution in [2.24, 2.45) is 0 Å². The number of thioether (sulfide) groups is 1. The summed E-state index contributed by atoms with van der Waals surface area (Å²) in [5.41, 5.74) is 2.48. The second-order valence-corrected chi connectivity index (χ2v) is 10.1. The minimum Gasteiger partial charge on any atom is -0.464 e. The van der Waals surface area contributed by atoms with Crippen LogP contribution >= 0.6 is 24.0 Å². The third kappa shape index (κ3) is 4.90. The van der Waals surface area contributed by atoms with Gasteiger partial charge in [0.15, 0.2) is 6.04 Å². The topological polar surface area (TPSA) is 66.9 Å². The van der Waals surface area contributed by atoms with Gasteiger partial charge in [0.25, 0.3) is 11.8 Å². The molecule has 0 spiro atoms. The summed E-state index contributed by atoms with van der Waals surface area (Å²) in [6.45, 7) is 4.86. The summed E-state index contributed by atoms with van der Waals surface area (Å²) in [5.74, 6) is -1.19. The highest BCUT2D eigenvalue weighted by Gasteiger charge is 2.46. The van der Waals surface area contributed by atoms with Gasteiger partial charge >= 0.3 is 5.97 Å². The van der Waals surface area contributed by atoms with Gasteiger partial charge in [0, 0.05) is 12.1 Å². The summed E-state index contributed by atoms with van der Waals surface area (Å²) < 4.78 is 5.66. The van der Waals surface area contributed by atoms with Gasteiger partial charge in [-0.25, -0.2) is 4.79 Å². The predicted molar refractivity (Wildman–Crippen MR) is 143 cm³/mol. The van der Waals surface area contributed by atoms with Crippen LogP contribution in [0.25, 0.3) is 5.57 Å². The first kappa shape index (κ1) is 25.1. The lowest BCUT2D eigenvalue weighted by molar-refractivity contribution is -0.151. The van der Waals surface area contributed by atoms with Crippen molar-refractivity contribution in [2.45, 2.75) is 45.6 Å². The average molecular weight is 509 g/mol. The summed E-state index contributed by atoms with van der Waals surface area (Å²) >= 11 is 6.66. The number of hydrogen-bond donors (Lipinski definition) is 0. The minimum atomic E-state index is -1.01. The van der Waals surface area contributed by atoms with Crippen molar-refractivity contribution >= 4 is 57.3 Å². The Labute approximate surface area is 215 Å². The summed E-state index contributed by atoms with van der Waals surface area (Å²) in [7, 11) is 0. The quantitative estimate of drug-likeness (QED) is 0.193. The number of amides is 2. The molecule has 1 unspecified atom stereocenters. The zero-order valence-corrected chi connectivity index (χ0v) is 21.5. The van der Waals surface area contributed by atoms with Crippen molar-refractivity contribution < 1.29 is 19.1 Å². The van der Waals surface area contributed by atoms with Gasteiger partial charge < -0.3 is 9.64 Å². The molecule has 2 heterocycles. The van der Waals surface area contributed by atoms with E-state index in [1.165, 1.54) is 4.90 Å². The highest BCUT2D eigenvalue weighted by atomic mass is 32.2. The fourth-order valence-electron chi connectivity index (χ4n) is 4.30. The zero-order valence-electron chi connectivity index (χ0n) is 19.9. The zero-order chi connectivity index (χ0) is 24.9. The smallest absolute Gasteiger partial charge is 0.333 e. The highest BCUT2D eigenvalue weighted by Crippen LogP contribution is 2.46.